The molecule has 0 aliphatic carbocycles. The lowest BCUT2D eigenvalue weighted by Crippen LogP contribution is -2.36. The third kappa shape index (κ3) is 2.59. The Morgan fingerprint density at radius 2 is 2.40 bits per heavy atom. The topological polar surface area (TPSA) is 29.9 Å². The molecule has 84 valence electrons. The summed E-state index contributed by atoms with van der Waals surface area (Å²) in [7, 11) is 2.05. The second-order valence-corrected chi connectivity index (χ2v) is 4.46. The highest BCUT2D eigenvalue weighted by Gasteiger charge is 2.15. The molecule has 1 aliphatic heterocycles. The van der Waals surface area contributed by atoms with E-state index in [1.165, 1.54) is 37.2 Å². The zero-order valence-electron chi connectivity index (χ0n) is 9.79. The zero-order valence-corrected chi connectivity index (χ0v) is 9.79. The summed E-state index contributed by atoms with van der Waals surface area (Å²) in [6.07, 6.45) is 6.18. The molecule has 1 aliphatic rings. The molecule has 3 heteroatoms. The quantitative estimate of drug-likeness (QED) is 0.817. The van der Waals surface area contributed by atoms with E-state index >= 15 is 0 Å². The summed E-state index contributed by atoms with van der Waals surface area (Å²) in [6, 6.07) is 2.91. The van der Waals surface area contributed by atoms with Crippen molar-refractivity contribution in [3.8, 4) is 0 Å². The Labute approximate surface area is 91.9 Å². The molecule has 2 heterocycles. The van der Waals surface area contributed by atoms with Crippen LogP contribution in [0.25, 0.3) is 0 Å². The first-order valence-electron chi connectivity index (χ1n) is 6.04. The second-order valence-electron chi connectivity index (χ2n) is 4.46. The van der Waals surface area contributed by atoms with Crippen molar-refractivity contribution in [1.29, 1.82) is 0 Å². The molecule has 0 aromatic carbocycles. The van der Waals surface area contributed by atoms with Crippen LogP contribution in [0.15, 0.2) is 6.07 Å². The minimum absolute atomic E-state index is 0.666. The molecule has 0 bridgehead atoms. The molecular weight excluding hydrogens is 186 g/mol. The molecular formula is C12H21N3. The van der Waals surface area contributed by atoms with Crippen LogP contribution in [0.4, 0.5) is 0 Å². The van der Waals surface area contributed by atoms with Gasteiger partial charge in [-0.05, 0) is 31.9 Å². The first kappa shape index (κ1) is 10.7. The molecule has 1 aromatic heterocycles. The molecule has 3 nitrogen and oxygen atoms in total. The molecule has 2 rings (SSSR count). The van der Waals surface area contributed by atoms with Crippen molar-refractivity contribution >= 4 is 0 Å². The van der Waals surface area contributed by atoms with Gasteiger partial charge in [-0.15, -0.1) is 0 Å². The summed E-state index contributed by atoms with van der Waals surface area (Å²) in [5.74, 6) is 0. The minimum atomic E-state index is 0.666. The van der Waals surface area contributed by atoms with E-state index in [0.717, 1.165) is 12.8 Å². The highest BCUT2D eigenvalue weighted by Crippen LogP contribution is 2.13. The van der Waals surface area contributed by atoms with Gasteiger partial charge in [-0.25, -0.2) is 0 Å². The number of hydrogen-bond acceptors (Lipinski definition) is 2. The van der Waals surface area contributed by atoms with Gasteiger partial charge in [0.05, 0.1) is 5.69 Å². The lowest BCUT2D eigenvalue weighted by atomic mass is 10.0. The fourth-order valence-corrected chi connectivity index (χ4v) is 2.29. The maximum Gasteiger partial charge on any atom is 0.0624 e. The van der Waals surface area contributed by atoms with Crippen molar-refractivity contribution in [1.82, 2.24) is 15.1 Å². The summed E-state index contributed by atoms with van der Waals surface area (Å²) >= 11 is 0. The van der Waals surface area contributed by atoms with Crippen LogP contribution in [-0.2, 0) is 19.9 Å². The average molecular weight is 207 g/mol. The average Bonchev–Trinajstić information content (AvgIpc) is 2.61. The lowest BCUT2D eigenvalue weighted by molar-refractivity contribution is 0.393. The molecule has 1 atom stereocenters. The number of piperidine rings is 1. The standard InChI is InChI=1S/C12H21N3/c1-3-10-8-12(15(2)14-10)9-11-6-4-5-7-13-11/h8,11,13H,3-7,9H2,1-2H3. The predicted molar refractivity (Wildman–Crippen MR) is 61.9 cm³/mol. The summed E-state index contributed by atoms with van der Waals surface area (Å²) < 4.78 is 2.04. The maximum absolute atomic E-state index is 4.48. The Kier molecular flexibility index (Phi) is 3.41. The minimum Gasteiger partial charge on any atom is -0.314 e. The van der Waals surface area contributed by atoms with E-state index in [9.17, 15) is 0 Å². The molecule has 15 heavy (non-hydrogen) atoms. The van der Waals surface area contributed by atoms with E-state index in [4.69, 9.17) is 0 Å². The van der Waals surface area contributed by atoms with Crippen LogP contribution in [0.1, 0.15) is 37.6 Å². The van der Waals surface area contributed by atoms with Gasteiger partial charge in [0.15, 0.2) is 0 Å². The van der Waals surface area contributed by atoms with E-state index in [1.807, 2.05) is 4.68 Å². The summed E-state index contributed by atoms with van der Waals surface area (Å²) in [5.41, 5.74) is 2.58. The number of nitrogens with zero attached hydrogens (tertiary/aromatic N) is 2. The molecule has 0 saturated carbocycles. The normalized spacial score (nSPS) is 21.9. The van der Waals surface area contributed by atoms with Crippen LogP contribution < -0.4 is 5.32 Å². The van der Waals surface area contributed by atoms with Gasteiger partial charge in [0.2, 0.25) is 0 Å². The Morgan fingerprint density at radius 1 is 1.53 bits per heavy atom. The van der Waals surface area contributed by atoms with Crippen LogP contribution in [0.3, 0.4) is 0 Å². The van der Waals surface area contributed by atoms with Crippen LogP contribution in [0.2, 0.25) is 0 Å². The highest BCUT2D eigenvalue weighted by molar-refractivity contribution is 5.11. The number of aryl methyl sites for hydroxylation is 2. The van der Waals surface area contributed by atoms with E-state index < -0.39 is 0 Å². The van der Waals surface area contributed by atoms with Gasteiger partial charge in [-0.3, -0.25) is 4.68 Å². The molecule has 1 unspecified atom stereocenters. The van der Waals surface area contributed by atoms with Crippen molar-refractivity contribution < 1.29 is 0 Å². The number of rotatable bonds is 3. The molecule has 0 amide bonds. The molecule has 1 saturated heterocycles. The molecule has 0 spiro atoms. The predicted octanol–water partition coefficient (Wildman–Crippen LogP) is 1.67. The molecule has 1 fully saturated rings. The number of hydrogen-bond donors (Lipinski definition) is 1. The SMILES string of the molecule is CCc1cc(CC2CCCCN2)n(C)n1. The van der Waals surface area contributed by atoms with Gasteiger partial charge in [-0.2, -0.15) is 5.10 Å². The largest absolute Gasteiger partial charge is 0.314 e. The highest BCUT2D eigenvalue weighted by atomic mass is 15.3. The van der Waals surface area contributed by atoms with E-state index in [0.29, 0.717) is 6.04 Å². The summed E-state index contributed by atoms with van der Waals surface area (Å²) in [5, 5.41) is 8.06. The van der Waals surface area contributed by atoms with Crippen molar-refractivity contribution in [3.63, 3.8) is 0 Å². The Balaban J connectivity index is 1.99. The van der Waals surface area contributed by atoms with Crippen LogP contribution in [0, 0.1) is 0 Å². The molecule has 1 aromatic rings. The Morgan fingerprint density at radius 3 is 3.00 bits per heavy atom. The van der Waals surface area contributed by atoms with E-state index in [-0.39, 0.29) is 0 Å². The van der Waals surface area contributed by atoms with E-state index in [2.05, 4.69) is 30.5 Å². The van der Waals surface area contributed by atoms with Gasteiger partial charge in [-0.1, -0.05) is 13.3 Å². The third-order valence-electron chi connectivity index (χ3n) is 3.26. The van der Waals surface area contributed by atoms with Crippen LogP contribution >= 0.6 is 0 Å². The molecule has 0 radical (unpaired) electrons. The van der Waals surface area contributed by atoms with Crippen LogP contribution in [-0.4, -0.2) is 22.4 Å². The lowest BCUT2D eigenvalue weighted by Gasteiger charge is -2.23. The van der Waals surface area contributed by atoms with Crippen molar-refractivity contribution in [2.24, 2.45) is 7.05 Å². The first-order valence-corrected chi connectivity index (χ1v) is 6.04. The van der Waals surface area contributed by atoms with Gasteiger partial charge in [0.25, 0.3) is 0 Å². The Hall–Kier alpha value is -0.830. The smallest absolute Gasteiger partial charge is 0.0624 e. The first-order chi connectivity index (χ1) is 7.29. The van der Waals surface area contributed by atoms with Gasteiger partial charge in [0.1, 0.15) is 0 Å². The van der Waals surface area contributed by atoms with Crippen molar-refractivity contribution in [2.45, 2.75) is 45.1 Å². The van der Waals surface area contributed by atoms with Gasteiger partial charge >= 0.3 is 0 Å². The monoisotopic (exact) mass is 207 g/mol. The van der Waals surface area contributed by atoms with Crippen LogP contribution in [0.5, 0.6) is 0 Å². The second kappa shape index (κ2) is 4.79. The van der Waals surface area contributed by atoms with Gasteiger partial charge in [0, 0.05) is 25.2 Å². The summed E-state index contributed by atoms with van der Waals surface area (Å²) in [6.45, 7) is 3.34. The van der Waals surface area contributed by atoms with Gasteiger partial charge < -0.3 is 5.32 Å². The molecule has 1 N–H and O–H groups in total. The van der Waals surface area contributed by atoms with Crippen molar-refractivity contribution in [2.75, 3.05) is 6.54 Å². The Bertz CT molecular complexity index is 311. The van der Waals surface area contributed by atoms with E-state index in [1.54, 1.807) is 0 Å². The number of nitrogens with one attached hydrogen (secondary N) is 1. The fourth-order valence-electron chi connectivity index (χ4n) is 2.29. The number of aromatic nitrogens is 2. The maximum atomic E-state index is 4.48. The zero-order chi connectivity index (χ0) is 10.7. The summed E-state index contributed by atoms with van der Waals surface area (Å²) in [4.78, 5) is 0. The third-order valence-corrected chi connectivity index (χ3v) is 3.26. The fraction of sp³-hybridized carbons (Fsp3) is 0.750. The van der Waals surface area contributed by atoms with Crippen molar-refractivity contribution in [3.05, 3.63) is 17.5 Å².